The number of fused-ring (bicyclic) bond motifs is 1. The van der Waals surface area contributed by atoms with Crippen molar-refractivity contribution in [2.24, 2.45) is 5.73 Å². The van der Waals surface area contributed by atoms with Crippen LogP contribution in [0.4, 0.5) is 0 Å². The van der Waals surface area contributed by atoms with Gasteiger partial charge < -0.3 is 10.5 Å². The molecule has 0 bridgehead atoms. The second-order valence-electron chi connectivity index (χ2n) is 4.12. The minimum atomic E-state index is -0.128. The Bertz CT molecular complexity index is 770. The summed E-state index contributed by atoms with van der Waals surface area (Å²) in [6.45, 7) is 0. The molecule has 0 spiro atoms. The molecule has 0 atom stereocenters. The van der Waals surface area contributed by atoms with Gasteiger partial charge in [-0.1, -0.05) is 18.2 Å². The Kier molecular flexibility index (Phi) is 2.96. The van der Waals surface area contributed by atoms with Crippen LogP contribution in [0.1, 0.15) is 5.69 Å². The number of aromatic nitrogens is 3. The molecule has 0 amide bonds. The Balaban J connectivity index is 1.87. The number of rotatable bonds is 3. The summed E-state index contributed by atoms with van der Waals surface area (Å²) in [5.74, 6) is 0.775. The molecule has 2 aromatic heterocycles. The molecule has 0 unspecified atom stereocenters. The van der Waals surface area contributed by atoms with Crippen molar-refractivity contribution in [3.8, 4) is 11.6 Å². The zero-order chi connectivity index (χ0) is 13.9. The standard InChI is InChI=1S/C14H11N5O/c15-14(16)12-7-19-13(8-18-12)20-10-5-9-3-1-2-4-11(9)17-6-10/h1-8H,(H3,15,16). The molecule has 20 heavy (non-hydrogen) atoms. The van der Waals surface area contributed by atoms with Crippen LogP contribution < -0.4 is 10.5 Å². The van der Waals surface area contributed by atoms with Crippen LogP contribution in [-0.2, 0) is 0 Å². The topological polar surface area (TPSA) is 97.8 Å². The number of benzene rings is 1. The summed E-state index contributed by atoms with van der Waals surface area (Å²) in [5, 5.41) is 8.23. The number of nitrogens with zero attached hydrogens (tertiary/aromatic N) is 3. The minimum Gasteiger partial charge on any atom is -0.436 e. The van der Waals surface area contributed by atoms with Crippen LogP contribution in [0.15, 0.2) is 48.9 Å². The first-order chi connectivity index (χ1) is 9.72. The van der Waals surface area contributed by atoms with E-state index in [-0.39, 0.29) is 5.84 Å². The van der Waals surface area contributed by atoms with Gasteiger partial charge in [0.1, 0.15) is 17.3 Å². The molecule has 3 N–H and O–H groups in total. The lowest BCUT2D eigenvalue weighted by Crippen LogP contribution is -2.13. The number of hydrogen-bond acceptors (Lipinski definition) is 5. The highest BCUT2D eigenvalue weighted by Crippen LogP contribution is 2.22. The molecule has 98 valence electrons. The van der Waals surface area contributed by atoms with Crippen LogP contribution in [0, 0.1) is 5.41 Å². The summed E-state index contributed by atoms with van der Waals surface area (Å²) >= 11 is 0. The second-order valence-corrected chi connectivity index (χ2v) is 4.12. The fraction of sp³-hybridized carbons (Fsp3) is 0. The van der Waals surface area contributed by atoms with E-state index in [0.717, 1.165) is 10.9 Å². The normalized spacial score (nSPS) is 10.4. The summed E-state index contributed by atoms with van der Waals surface area (Å²) in [6.07, 6.45) is 4.45. The Morgan fingerprint density at radius 2 is 1.90 bits per heavy atom. The lowest BCUT2D eigenvalue weighted by atomic mass is 10.2. The van der Waals surface area contributed by atoms with Gasteiger partial charge in [0.05, 0.1) is 24.1 Å². The van der Waals surface area contributed by atoms with E-state index in [9.17, 15) is 0 Å². The fourth-order valence-corrected chi connectivity index (χ4v) is 1.74. The second kappa shape index (κ2) is 4.93. The lowest BCUT2D eigenvalue weighted by molar-refractivity contribution is 0.459. The van der Waals surface area contributed by atoms with Crippen LogP contribution in [-0.4, -0.2) is 20.8 Å². The summed E-state index contributed by atoms with van der Waals surface area (Å²) in [6, 6.07) is 9.64. The van der Waals surface area contributed by atoms with Crippen molar-refractivity contribution in [2.75, 3.05) is 0 Å². The van der Waals surface area contributed by atoms with E-state index in [1.807, 2.05) is 30.3 Å². The van der Waals surface area contributed by atoms with E-state index in [0.29, 0.717) is 17.3 Å². The van der Waals surface area contributed by atoms with Gasteiger partial charge in [0.25, 0.3) is 0 Å². The molecule has 0 saturated heterocycles. The third-order valence-electron chi connectivity index (χ3n) is 2.69. The number of nitrogen functional groups attached to an aromatic ring is 1. The molecule has 6 heteroatoms. The lowest BCUT2D eigenvalue weighted by Gasteiger charge is -2.05. The van der Waals surface area contributed by atoms with Gasteiger partial charge in [-0.25, -0.2) is 9.97 Å². The highest BCUT2D eigenvalue weighted by atomic mass is 16.5. The molecular formula is C14H11N5O. The van der Waals surface area contributed by atoms with E-state index in [1.54, 1.807) is 6.20 Å². The van der Waals surface area contributed by atoms with Gasteiger partial charge >= 0.3 is 0 Å². The molecule has 3 rings (SSSR count). The third-order valence-corrected chi connectivity index (χ3v) is 2.69. The van der Waals surface area contributed by atoms with Gasteiger partial charge in [0.15, 0.2) is 0 Å². The molecule has 0 radical (unpaired) electrons. The van der Waals surface area contributed by atoms with Crippen LogP contribution in [0.2, 0.25) is 0 Å². The van der Waals surface area contributed by atoms with Gasteiger partial charge in [-0.3, -0.25) is 10.4 Å². The van der Waals surface area contributed by atoms with E-state index in [1.165, 1.54) is 12.4 Å². The van der Waals surface area contributed by atoms with Gasteiger partial charge in [-0.15, -0.1) is 0 Å². The van der Waals surface area contributed by atoms with Crippen LogP contribution >= 0.6 is 0 Å². The first-order valence-corrected chi connectivity index (χ1v) is 5.91. The highest BCUT2D eigenvalue weighted by molar-refractivity contribution is 5.92. The zero-order valence-corrected chi connectivity index (χ0v) is 10.4. The minimum absolute atomic E-state index is 0.128. The average molecular weight is 265 g/mol. The maximum absolute atomic E-state index is 7.24. The molecule has 1 aromatic carbocycles. The van der Waals surface area contributed by atoms with E-state index in [2.05, 4.69) is 15.0 Å². The highest BCUT2D eigenvalue weighted by Gasteiger charge is 2.03. The largest absolute Gasteiger partial charge is 0.436 e. The third kappa shape index (κ3) is 2.39. The van der Waals surface area contributed by atoms with Gasteiger partial charge in [-0.05, 0) is 12.1 Å². The molecule has 3 aromatic rings. The SMILES string of the molecule is N=C(N)c1cnc(Oc2cnc3ccccc3c2)cn1. The number of para-hydroxylation sites is 1. The summed E-state index contributed by atoms with van der Waals surface area (Å²) in [7, 11) is 0. The van der Waals surface area contributed by atoms with Crippen molar-refractivity contribution >= 4 is 16.7 Å². The van der Waals surface area contributed by atoms with Gasteiger partial charge in [0.2, 0.25) is 5.88 Å². The van der Waals surface area contributed by atoms with E-state index < -0.39 is 0 Å². The van der Waals surface area contributed by atoms with Gasteiger partial charge in [0, 0.05) is 5.39 Å². The Labute approximate surface area is 114 Å². The molecule has 0 aliphatic rings. The first kappa shape index (κ1) is 12.0. The van der Waals surface area contributed by atoms with Crippen molar-refractivity contribution in [2.45, 2.75) is 0 Å². The van der Waals surface area contributed by atoms with E-state index >= 15 is 0 Å². The molecule has 0 fully saturated rings. The predicted molar refractivity (Wildman–Crippen MR) is 74.9 cm³/mol. The predicted octanol–water partition coefficient (Wildman–Crippen LogP) is 2.10. The maximum Gasteiger partial charge on any atom is 0.237 e. The van der Waals surface area contributed by atoms with Crippen molar-refractivity contribution in [3.63, 3.8) is 0 Å². The average Bonchev–Trinajstić information content (AvgIpc) is 2.48. The van der Waals surface area contributed by atoms with E-state index in [4.69, 9.17) is 15.9 Å². The van der Waals surface area contributed by atoms with Crippen molar-refractivity contribution in [1.29, 1.82) is 5.41 Å². The Morgan fingerprint density at radius 3 is 2.65 bits per heavy atom. The van der Waals surface area contributed by atoms with Crippen molar-refractivity contribution in [3.05, 3.63) is 54.6 Å². The first-order valence-electron chi connectivity index (χ1n) is 5.91. The Hall–Kier alpha value is -3.02. The molecule has 6 nitrogen and oxygen atoms in total. The number of amidine groups is 1. The fourth-order valence-electron chi connectivity index (χ4n) is 1.74. The number of pyridine rings is 1. The number of hydrogen-bond donors (Lipinski definition) is 2. The van der Waals surface area contributed by atoms with Crippen LogP contribution in [0.5, 0.6) is 11.6 Å². The maximum atomic E-state index is 7.24. The molecule has 0 aliphatic heterocycles. The molecule has 0 saturated carbocycles. The molecular weight excluding hydrogens is 254 g/mol. The zero-order valence-electron chi connectivity index (χ0n) is 10.4. The number of nitrogens with two attached hydrogens (primary N) is 1. The number of nitrogens with one attached hydrogen (secondary N) is 1. The summed E-state index contributed by atoms with van der Waals surface area (Å²) in [5.41, 5.74) is 6.52. The van der Waals surface area contributed by atoms with Crippen LogP contribution in [0.3, 0.4) is 0 Å². The molecule has 0 aliphatic carbocycles. The summed E-state index contributed by atoms with van der Waals surface area (Å²) in [4.78, 5) is 12.3. The van der Waals surface area contributed by atoms with Crippen LogP contribution in [0.25, 0.3) is 10.9 Å². The Morgan fingerprint density at radius 1 is 1.05 bits per heavy atom. The van der Waals surface area contributed by atoms with Crippen molar-refractivity contribution in [1.82, 2.24) is 15.0 Å². The van der Waals surface area contributed by atoms with Gasteiger partial charge in [-0.2, -0.15) is 0 Å². The quantitative estimate of drug-likeness (QED) is 0.558. The smallest absolute Gasteiger partial charge is 0.237 e. The summed E-state index contributed by atoms with van der Waals surface area (Å²) < 4.78 is 5.57. The van der Waals surface area contributed by atoms with Crippen molar-refractivity contribution < 1.29 is 4.74 Å². The number of ether oxygens (including phenoxy) is 1. The molecule has 2 heterocycles. The monoisotopic (exact) mass is 265 g/mol.